The number of aromatic nitrogens is 1. The normalized spacial score (nSPS) is 15.9. The first kappa shape index (κ1) is 87.6. The van der Waals surface area contributed by atoms with Crippen LogP contribution in [0.25, 0.3) is 10.9 Å². The lowest BCUT2D eigenvalue weighted by Gasteiger charge is -2.37. The fourth-order valence-corrected chi connectivity index (χ4v) is 12.5. The van der Waals surface area contributed by atoms with Crippen LogP contribution in [0.2, 0.25) is 0 Å². The number of likely N-dealkylation sites (tertiary alicyclic amines) is 1. The number of carbonyl (C=O) groups is 11. The Morgan fingerprint density at radius 3 is 1.85 bits per heavy atom. The zero-order valence-electron chi connectivity index (χ0n) is 60.1. The van der Waals surface area contributed by atoms with Crippen molar-refractivity contribution in [2.75, 3.05) is 156 Å². The highest BCUT2D eigenvalue weighted by atomic mass is 127. The molecule has 34 nitrogen and oxygen atoms in total. The van der Waals surface area contributed by atoms with E-state index in [-0.39, 0.29) is 167 Å². The number of hydrogen-bond acceptors (Lipinski definition) is 22. The van der Waals surface area contributed by atoms with Crippen molar-refractivity contribution in [1.29, 1.82) is 5.26 Å². The summed E-state index contributed by atoms with van der Waals surface area (Å²) in [6.07, 6.45) is 4.90. The number of anilines is 1. The Morgan fingerprint density at radius 2 is 1.20 bits per heavy atom. The third-order valence-electron chi connectivity index (χ3n) is 17.5. The first-order valence-corrected chi connectivity index (χ1v) is 37.1. The zero-order valence-corrected chi connectivity index (χ0v) is 63.1. The second-order valence-electron chi connectivity index (χ2n) is 25.8. The molecule has 36 heteroatoms. The van der Waals surface area contributed by atoms with Crippen LogP contribution in [0.5, 0.6) is 5.75 Å². The van der Waals surface area contributed by atoms with E-state index < -0.39 is 90.7 Å². The van der Waals surface area contributed by atoms with Crippen molar-refractivity contribution in [2.45, 2.75) is 94.8 Å². The number of aliphatic carboxylic acids is 5. The number of nitrogens with zero attached hydrogens (tertiary/aromatic N) is 7. The Labute approximate surface area is 644 Å². The number of unbranched alkanes of at least 4 members (excludes halogenated alkanes) is 2. The zero-order chi connectivity index (χ0) is 78.2. The van der Waals surface area contributed by atoms with Gasteiger partial charge in [0.1, 0.15) is 23.9 Å². The quantitative estimate of drug-likeness (QED) is 0.0168. The monoisotopic (exact) mass is 1640 g/mol. The summed E-state index contributed by atoms with van der Waals surface area (Å²) in [5.41, 5.74) is 2.93. The molecule has 12 N–H and O–H groups in total. The molecular formula is C72H97IN14O20S. The van der Waals surface area contributed by atoms with Gasteiger partial charge in [-0.05, 0) is 146 Å². The van der Waals surface area contributed by atoms with E-state index in [2.05, 4.69) is 70.9 Å². The maximum atomic E-state index is 13.8. The molecule has 0 saturated carbocycles. The number of fused-ring (bicyclic) bond motifs is 1. The first-order chi connectivity index (χ1) is 51.9. The maximum Gasteiger partial charge on any atom is 0.326 e. The number of rotatable bonds is 45. The maximum absolute atomic E-state index is 13.8. The average molecular weight is 1640 g/mol. The molecule has 0 spiro atoms. The molecule has 1 unspecified atom stereocenters. The van der Waals surface area contributed by atoms with Crippen LogP contribution in [0.3, 0.4) is 0 Å². The molecule has 3 heterocycles. The average Bonchev–Trinajstić information content (AvgIpc) is 0.945. The Kier molecular flexibility index (Phi) is 39.1. The van der Waals surface area contributed by atoms with Crippen LogP contribution < -0.4 is 42.0 Å². The van der Waals surface area contributed by atoms with Crippen molar-refractivity contribution in [1.82, 2.24) is 61.4 Å². The molecule has 0 aliphatic carbocycles. The second kappa shape index (κ2) is 48.2. The highest BCUT2D eigenvalue weighted by molar-refractivity contribution is 14.1. The third kappa shape index (κ3) is 33.9. The van der Waals surface area contributed by atoms with Crippen molar-refractivity contribution in [3.05, 3.63) is 99.3 Å². The fourth-order valence-electron chi connectivity index (χ4n) is 12.0. The van der Waals surface area contributed by atoms with Crippen LogP contribution >= 0.6 is 34.8 Å². The molecule has 0 bridgehead atoms. The minimum Gasteiger partial charge on any atom is -0.484 e. The summed E-state index contributed by atoms with van der Waals surface area (Å²) in [7, 11) is 0. The van der Waals surface area contributed by atoms with E-state index in [4.69, 9.17) is 31.2 Å². The summed E-state index contributed by atoms with van der Waals surface area (Å²) in [6.45, 7) is 1.07. The van der Waals surface area contributed by atoms with E-state index in [1.54, 1.807) is 62.1 Å². The summed E-state index contributed by atoms with van der Waals surface area (Å²) in [4.78, 5) is 151. The van der Waals surface area contributed by atoms with Gasteiger partial charge in [0.15, 0.2) is 11.7 Å². The number of amides is 6. The number of carboxylic acid groups (broad SMARTS) is 5. The predicted molar refractivity (Wildman–Crippen MR) is 405 cm³/mol. The van der Waals surface area contributed by atoms with Crippen LogP contribution in [-0.4, -0.2) is 301 Å². The minimum atomic E-state index is -1.29. The van der Waals surface area contributed by atoms with Crippen molar-refractivity contribution in [3.8, 4) is 11.8 Å². The molecule has 4 atom stereocenters. The van der Waals surface area contributed by atoms with Crippen LogP contribution in [0, 0.1) is 14.9 Å². The molecule has 2 aliphatic rings. The largest absolute Gasteiger partial charge is 0.484 e. The number of pyridine rings is 1. The third-order valence-corrected chi connectivity index (χ3v) is 18.4. The van der Waals surface area contributed by atoms with Gasteiger partial charge in [0.25, 0.3) is 11.8 Å². The van der Waals surface area contributed by atoms with E-state index in [1.807, 2.05) is 24.3 Å². The summed E-state index contributed by atoms with van der Waals surface area (Å²) < 4.78 is 23.5. The minimum absolute atomic E-state index is 0.0274. The number of halogens is 1. The van der Waals surface area contributed by atoms with Crippen molar-refractivity contribution < 1.29 is 97.2 Å². The number of carbonyl (C=O) groups excluding carboxylic acids is 6. The number of carboxylic acids is 5. The number of thiocarbonyl (C=S) groups is 1. The Bertz CT molecular complexity index is 3690. The number of hydrogen-bond donors (Lipinski definition) is 12. The van der Waals surface area contributed by atoms with E-state index in [0.29, 0.717) is 79.6 Å². The van der Waals surface area contributed by atoms with Gasteiger partial charge >= 0.3 is 29.8 Å². The van der Waals surface area contributed by atoms with Gasteiger partial charge in [0.2, 0.25) is 23.6 Å². The lowest BCUT2D eigenvalue weighted by molar-refractivity contribution is -0.142. The molecule has 2 aliphatic heterocycles. The summed E-state index contributed by atoms with van der Waals surface area (Å²) in [6, 6.07) is 19.6. The highest BCUT2D eigenvalue weighted by Crippen LogP contribution is 2.24. The summed E-state index contributed by atoms with van der Waals surface area (Å²) in [5.74, 6) is -8.03. The Hall–Kier alpha value is -9.33. The highest BCUT2D eigenvalue weighted by Gasteiger charge is 2.31. The molecule has 108 heavy (non-hydrogen) atoms. The standard InChI is InChI=1S/C72H97IN14O20S/c73-51-13-9-50(10-14-51)39-62(89)76-21-3-2-8-59(71(102)103)82-70(101)58(7-1-4-22-78-72(108)80-52-15-11-49(12-16-52)38-54-43-85(46-67(96)97)29-28-83(44-65(92)93)26-27-84(45-66(94)95)30-31-86(54)47-68(98)99)81-61(88)20-32-104-34-36-106-37-35-105-33-24-77-63(90)48-107-55-17-18-56-57(19-23-75-60(56)40-55)69(100)79-42-64(91)87-25-5-6-53(87)41-74/h9-19,23,40,53-54,58-59H,1-8,20-22,24-39,42-48H2,(H,76,89)(H,77,90)(H,79,100)(H,81,88)(H,82,101)(H,92,93)(H,94,95)(H,96,97)(H,98,99)(H,102,103)(H2,78,80,108)/t53-,54?,58-,59-/m0/s1. The topological polar surface area (TPSA) is 463 Å². The summed E-state index contributed by atoms with van der Waals surface area (Å²) in [5, 5.41) is 79.1. The Morgan fingerprint density at radius 1 is 0.611 bits per heavy atom. The molecule has 4 aromatic rings. The van der Waals surface area contributed by atoms with Crippen molar-refractivity contribution in [2.24, 2.45) is 0 Å². The van der Waals surface area contributed by atoms with E-state index >= 15 is 0 Å². The van der Waals surface area contributed by atoms with Gasteiger partial charge in [0.05, 0.1) is 95.9 Å². The number of benzene rings is 3. The molecule has 2 saturated heterocycles. The van der Waals surface area contributed by atoms with E-state index in [9.17, 15) is 83.5 Å². The molecule has 6 amide bonds. The van der Waals surface area contributed by atoms with Gasteiger partial charge < -0.3 is 86.6 Å². The van der Waals surface area contributed by atoms with E-state index in [1.165, 1.54) is 17.2 Å². The van der Waals surface area contributed by atoms with Crippen LogP contribution in [-0.2, 0) is 75.0 Å². The number of nitriles is 1. The lowest BCUT2D eigenvalue weighted by Crippen LogP contribution is -2.53. The molecule has 1 aromatic heterocycles. The van der Waals surface area contributed by atoms with Gasteiger partial charge in [-0.3, -0.25) is 72.5 Å². The molecule has 3 aromatic carbocycles. The van der Waals surface area contributed by atoms with Gasteiger partial charge in [0, 0.05) is 111 Å². The predicted octanol–water partition coefficient (Wildman–Crippen LogP) is 1.23. The van der Waals surface area contributed by atoms with Gasteiger partial charge in [-0.2, -0.15) is 5.26 Å². The SMILES string of the molecule is N#C[C@@H]1CCCN1C(=O)CNC(=O)c1ccnc2cc(OCC(=O)NCCOCCOCCOCCC(=O)N[C@@H](CCCCNC(=S)Nc3ccc(CC4CN(CC(=O)O)CCN(CC(=O)O)CCN(CC(=O)O)CCN4CC(=O)O)cc3)C(=O)N[C@@H](CCCCNC(=O)Cc3ccc(I)cc3)C(=O)O)ccc12. The van der Waals surface area contributed by atoms with Gasteiger partial charge in [-0.15, -0.1) is 0 Å². The number of ether oxygens (including phenoxy) is 4. The van der Waals surface area contributed by atoms with Crippen LogP contribution in [0.15, 0.2) is 79.0 Å². The van der Waals surface area contributed by atoms with Gasteiger partial charge in [-0.1, -0.05) is 24.3 Å². The fraction of sp³-hybridized carbons (Fsp3) is 0.528. The first-order valence-electron chi connectivity index (χ1n) is 35.7. The molecule has 6 rings (SSSR count). The van der Waals surface area contributed by atoms with Crippen LogP contribution in [0.4, 0.5) is 5.69 Å². The summed E-state index contributed by atoms with van der Waals surface area (Å²) >= 11 is 7.77. The van der Waals surface area contributed by atoms with Gasteiger partial charge in [-0.25, -0.2) is 4.79 Å². The molecule has 0 radical (unpaired) electrons. The lowest BCUT2D eigenvalue weighted by atomic mass is 10.0. The van der Waals surface area contributed by atoms with E-state index in [0.717, 1.165) is 21.1 Å². The molecular weight excluding hydrogens is 1540 g/mol. The molecule has 588 valence electrons. The van der Waals surface area contributed by atoms with Crippen molar-refractivity contribution in [3.63, 3.8) is 0 Å². The smallest absolute Gasteiger partial charge is 0.326 e. The Balaban J connectivity index is 0.917. The number of nitrogens with one attached hydrogen (secondary N) is 7. The molecule has 2 fully saturated rings. The second-order valence-corrected chi connectivity index (χ2v) is 27.4. The van der Waals surface area contributed by atoms with Crippen LogP contribution in [0.1, 0.15) is 79.3 Å². The van der Waals surface area contributed by atoms with Crippen molar-refractivity contribution >= 4 is 122 Å².